The Morgan fingerprint density at radius 2 is 1.83 bits per heavy atom. The normalized spacial score (nSPS) is 17.3. The predicted molar refractivity (Wildman–Crippen MR) is 111 cm³/mol. The molecule has 1 N–H and O–H groups in total. The van der Waals surface area contributed by atoms with E-state index in [-0.39, 0.29) is 17.2 Å². The molecule has 8 nitrogen and oxygen atoms in total. The van der Waals surface area contributed by atoms with Crippen molar-refractivity contribution < 1.29 is 27.5 Å². The van der Waals surface area contributed by atoms with E-state index in [4.69, 9.17) is 4.74 Å². The zero-order chi connectivity index (χ0) is 22.1. The van der Waals surface area contributed by atoms with E-state index < -0.39 is 34.5 Å². The zero-order valence-electron chi connectivity index (χ0n) is 17.6. The molecule has 1 saturated heterocycles. The third kappa shape index (κ3) is 6.37. The molecule has 1 atom stereocenters. The highest BCUT2D eigenvalue weighted by atomic mass is 32.2. The Hall–Kier alpha value is -2.26. The molecule has 0 aromatic heterocycles. The summed E-state index contributed by atoms with van der Waals surface area (Å²) in [5.41, 5.74) is 0.411. The van der Waals surface area contributed by atoms with E-state index in [0.29, 0.717) is 31.4 Å². The minimum Gasteiger partial charge on any atom is -0.454 e. The molecule has 1 heterocycles. The number of carbonyl (C=O) groups excluding carboxylic acids is 3. The molecule has 0 aliphatic carbocycles. The fraction of sp³-hybridized carbons (Fsp3) is 0.571. The van der Waals surface area contributed by atoms with Gasteiger partial charge in [0.15, 0.2) is 12.4 Å². The van der Waals surface area contributed by atoms with Crippen LogP contribution in [0.3, 0.4) is 0 Å². The summed E-state index contributed by atoms with van der Waals surface area (Å²) in [4.78, 5) is 35.8. The lowest BCUT2D eigenvalue weighted by atomic mass is 10.1. The van der Waals surface area contributed by atoms with Crippen LogP contribution in [0.25, 0.3) is 0 Å². The van der Waals surface area contributed by atoms with Gasteiger partial charge in [0.05, 0.1) is 4.90 Å². The minimum atomic E-state index is -3.94. The molecule has 1 aliphatic heterocycles. The first-order valence-corrected chi connectivity index (χ1v) is 11.8. The fourth-order valence-electron chi connectivity index (χ4n) is 3.31. The zero-order valence-corrected chi connectivity index (χ0v) is 18.4. The van der Waals surface area contributed by atoms with Crippen molar-refractivity contribution in [1.82, 2.24) is 9.62 Å². The molecule has 166 valence electrons. The van der Waals surface area contributed by atoms with Crippen LogP contribution in [0, 0.1) is 0 Å². The highest BCUT2D eigenvalue weighted by Crippen LogP contribution is 2.26. The number of esters is 1. The van der Waals surface area contributed by atoms with E-state index in [1.807, 2.05) is 0 Å². The summed E-state index contributed by atoms with van der Waals surface area (Å²) < 4.78 is 32.4. The molecule has 0 radical (unpaired) electrons. The number of rotatable bonds is 10. The van der Waals surface area contributed by atoms with Gasteiger partial charge in [0.2, 0.25) is 10.0 Å². The van der Waals surface area contributed by atoms with Gasteiger partial charge in [0.1, 0.15) is 6.04 Å². The fourth-order valence-corrected chi connectivity index (χ4v) is 4.96. The van der Waals surface area contributed by atoms with Crippen molar-refractivity contribution in [1.29, 1.82) is 0 Å². The second-order valence-corrected chi connectivity index (χ2v) is 9.26. The third-order valence-electron chi connectivity index (χ3n) is 5.04. The number of unbranched alkanes of at least 4 members (excludes halogenated alkanes) is 2. The van der Waals surface area contributed by atoms with Crippen molar-refractivity contribution in [2.45, 2.75) is 63.3 Å². The van der Waals surface area contributed by atoms with Crippen molar-refractivity contribution in [3.63, 3.8) is 0 Å². The summed E-state index contributed by atoms with van der Waals surface area (Å²) in [7, 11) is -3.94. The number of sulfonamides is 1. The first kappa shape index (κ1) is 24.0. The number of carbonyl (C=O) groups is 3. The number of benzene rings is 1. The molecule has 30 heavy (non-hydrogen) atoms. The van der Waals surface area contributed by atoms with Crippen LogP contribution in [-0.4, -0.2) is 56.1 Å². The average Bonchev–Trinajstić information content (AvgIpc) is 2.75. The summed E-state index contributed by atoms with van der Waals surface area (Å²) in [5, 5.41) is 2.68. The highest BCUT2D eigenvalue weighted by Gasteiger charge is 2.38. The number of Topliss-reactive ketones (excluding diaryl/α,β-unsaturated/α-hetero) is 1. The molecule has 9 heteroatoms. The molecule has 0 spiro atoms. The Morgan fingerprint density at radius 1 is 1.13 bits per heavy atom. The number of hydrogen-bond acceptors (Lipinski definition) is 6. The van der Waals surface area contributed by atoms with E-state index in [1.54, 1.807) is 0 Å². The van der Waals surface area contributed by atoms with E-state index in [0.717, 1.165) is 23.6 Å². The Kier molecular flexibility index (Phi) is 8.98. The summed E-state index contributed by atoms with van der Waals surface area (Å²) in [6.07, 6.45) is 4.55. The molecule has 1 aromatic carbocycles. The lowest BCUT2D eigenvalue weighted by molar-refractivity contribution is -0.153. The van der Waals surface area contributed by atoms with Gasteiger partial charge in [0, 0.05) is 18.7 Å². The molecule has 1 aliphatic rings. The number of ether oxygens (including phenoxy) is 1. The number of hydrogen-bond donors (Lipinski definition) is 1. The second kappa shape index (κ2) is 11.2. The standard InChI is InChI=1S/C21H30N2O6S/c1-3-4-6-13-22-20(25)15-29-21(26)19-8-5-7-14-23(19)30(27,28)18-11-9-17(10-12-18)16(2)24/h9-12,19H,3-8,13-15H2,1-2H3,(H,22,25). The molecule has 0 bridgehead atoms. The topological polar surface area (TPSA) is 110 Å². The van der Waals surface area contributed by atoms with Crippen LogP contribution in [0.5, 0.6) is 0 Å². The minimum absolute atomic E-state index is 0.0147. The van der Waals surface area contributed by atoms with Crippen LogP contribution in [0.1, 0.15) is 62.7 Å². The number of ketones is 1. The Labute approximate surface area is 178 Å². The molecule has 0 saturated carbocycles. The van der Waals surface area contributed by atoms with E-state index in [9.17, 15) is 22.8 Å². The van der Waals surface area contributed by atoms with E-state index >= 15 is 0 Å². The maximum Gasteiger partial charge on any atom is 0.324 e. The van der Waals surface area contributed by atoms with Gasteiger partial charge < -0.3 is 10.1 Å². The lowest BCUT2D eigenvalue weighted by Crippen LogP contribution is -2.49. The van der Waals surface area contributed by atoms with Crippen molar-refractivity contribution in [3.05, 3.63) is 29.8 Å². The van der Waals surface area contributed by atoms with Crippen LogP contribution in [-0.2, 0) is 24.3 Å². The Morgan fingerprint density at radius 3 is 2.47 bits per heavy atom. The molecule has 2 rings (SSSR count). The summed E-state index contributed by atoms with van der Waals surface area (Å²) in [6, 6.07) is 4.67. The smallest absolute Gasteiger partial charge is 0.324 e. The predicted octanol–water partition coefficient (Wildman–Crippen LogP) is 2.28. The molecule has 1 amide bonds. The van der Waals surface area contributed by atoms with Crippen molar-refractivity contribution >= 4 is 27.7 Å². The van der Waals surface area contributed by atoms with Crippen molar-refractivity contribution in [2.24, 2.45) is 0 Å². The van der Waals surface area contributed by atoms with Gasteiger partial charge in [-0.05, 0) is 44.7 Å². The molecule has 1 aromatic rings. The van der Waals surface area contributed by atoms with Crippen LogP contribution >= 0.6 is 0 Å². The maximum absolute atomic E-state index is 13.1. The molecule has 1 fully saturated rings. The first-order valence-electron chi connectivity index (χ1n) is 10.3. The maximum atomic E-state index is 13.1. The van der Waals surface area contributed by atoms with Crippen LogP contribution < -0.4 is 5.32 Å². The van der Waals surface area contributed by atoms with E-state index in [2.05, 4.69) is 12.2 Å². The molecule has 1 unspecified atom stereocenters. The molecular weight excluding hydrogens is 408 g/mol. The SMILES string of the molecule is CCCCCNC(=O)COC(=O)C1CCCCN1S(=O)(=O)c1ccc(C(C)=O)cc1. The largest absolute Gasteiger partial charge is 0.454 e. The molecular formula is C21H30N2O6S. The second-order valence-electron chi connectivity index (χ2n) is 7.37. The Balaban J connectivity index is 2.03. The van der Waals surface area contributed by atoms with Gasteiger partial charge >= 0.3 is 5.97 Å². The van der Waals surface area contributed by atoms with Gasteiger partial charge in [0.25, 0.3) is 5.91 Å². The first-order chi connectivity index (χ1) is 14.3. The van der Waals surface area contributed by atoms with Gasteiger partial charge in [-0.25, -0.2) is 8.42 Å². The van der Waals surface area contributed by atoms with Gasteiger partial charge in [-0.1, -0.05) is 31.9 Å². The van der Waals surface area contributed by atoms with Crippen molar-refractivity contribution in [3.8, 4) is 0 Å². The average molecular weight is 439 g/mol. The van der Waals surface area contributed by atoms with Crippen LogP contribution in [0.15, 0.2) is 29.2 Å². The monoisotopic (exact) mass is 438 g/mol. The quantitative estimate of drug-likeness (QED) is 0.341. The number of amides is 1. The van der Waals surface area contributed by atoms with Gasteiger partial charge in [-0.2, -0.15) is 4.31 Å². The summed E-state index contributed by atoms with van der Waals surface area (Å²) in [6.45, 7) is 3.75. The highest BCUT2D eigenvalue weighted by molar-refractivity contribution is 7.89. The Bertz CT molecular complexity index is 851. The van der Waals surface area contributed by atoms with Crippen molar-refractivity contribution in [2.75, 3.05) is 19.7 Å². The van der Waals surface area contributed by atoms with Crippen LogP contribution in [0.2, 0.25) is 0 Å². The van der Waals surface area contributed by atoms with Gasteiger partial charge in [-0.15, -0.1) is 0 Å². The number of nitrogens with zero attached hydrogens (tertiary/aromatic N) is 1. The summed E-state index contributed by atoms with van der Waals surface area (Å²) >= 11 is 0. The van der Waals surface area contributed by atoms with E-state index in [1.165, 1.54) is 31.2 Å². The van der Waals surface area contributed by atoms with Crippen LogP contribution in [0.4, 0.5) is 0 Å². The third-order valence-corrected chi connectivity index (χ3v) is 6.96. The summed E-state index contributed by atoms with van der Waals surface area (Å²) in [5.74, 6) is -1.28. The number of nitrogens with one attached hydrogen (secondary N) is 1. The number of piperidine rings is 1. The van der Waals surface area contributed by atoms with Gasteiger partial charge in [-0.3, -0.25) is 14.4 Å². The lowest BCUT2D eigenvalue weighted by Gasteiger charge is -2.33.